The minimum atomic E-state index is -0.216. The predicted octanol–water partition coefficient (Wildman–Crippen LogP) is 3.00. The summed E-state index contributed by atoms with van der Waals surface area (Å²) >= 11 is 0. The van der Waals surface area contributed by atoms with Crippen molar-refractivity contribution in [1.29, 1.82) is 0 Å². The lowest BCUT2D eigenvalue weighted by molar-refractivity contribution is 0.104. The fourth-order valence-corrected chi connectivity index (χ4v) is 1.73. The smallest absolute Gasteiger partial charge is 0.185 e. The van der Waals surface area contributed by atoms with Crippen LogP contribution in [0.5, 0.6) is 17.2 Å². The van der Waals surface area contributed by atoms with E-state index >= 15 is 0 Å². The second kappa shape index (κ2) is 5.93. The Kier molecular flexibility index (Phi) is 4.05. The van der Waals surface area contributed by atoms with Crippen LogP contribution >= 0.6 is 0 Å². The molecule has 0 aliphatic carbocycles. The van der Waals surface area contributed by atoms with Gasteiger partial charge in [0, 0.05) is 11.1 Å². The molecule has 0 saturated carbocycles. The summed E-state index contributed by atoms with van der Waals surface area (Å²) in [6, 6.07) is 11.0. The lowest BCUT2D eigenvalue weighted by Gasteiger charge is -2.05. The number of aromatic hydroxyl groups is 2. The first kappa shape index (κ1) is 13.7. The summed E-state index contributed by atoms with van der Waals surface area (Å²) in [6.45, 7) is 0. The van der Waals surface area contributed by atoms with Gasteiger partial charge in [0.2, 0.25) is 0 Å². The van der Waals surface area contributed by atoms with Gasteiger partial charge in [-0.2, -0.15) is 0 Å². The molecule has 0 radical (unpaired) electrons. The fourth-order valence-electron chi connectivity index (χ4n) is 1.73. The number of benzene rings is 2. The van der Waals surface area contributed by atoms with Gasteiger partial charge >= 0.3 is 0 Å². The van der Waals surface area contributed by atoms with E-state index in [0.29, 0.717) is 16.9 Å². The van der Waals surface area contributed by atoms with E-state index in [2.05, 4.69) is 0 Å². The summed E-state index contributed by atoms with van der Waals surface area (Å²) < 4.78 is 4.99. The highest BCUT2D eigenvalue weighted by Crippen LogP contribution is 2.30. The second-order valence-electron chi connectivity index (χ2n) is 4.14. The third kappa shape index (κ3) is 2.98. The summed E-state index contributed by atoms with van der Waals surface area (Å²) in [6.07, 6.45) is 2.88. The molecule has 102 valence electrons. The number of ether oxygens (including phenoxy) is 1. The van der Waals surface area contributed by atoms with Gasteiger partial charge in [0.15, 0.2) is 17.3 Å². The van der Waals surface area contributed by atoms with Gasteiger partial charge in [-0.1, -0.05) is 12.1 Å². The maximum Gasteiger partial charge on any atom is 0.185 e. The molecular weight excluding hydrogens is 256 g/mol. The molecule has 2 aromatic carbocycles. The number of rotatable bonds is 4. The van der Waals surface area contributed by atoms with Crippen molar-refractivity contribution in [2.75, 3.05) is 7.11 Å². The number of ketones is 1. The van der Waals surface area contributed by atoms with Crippen LogP contribution in [-0.4, -0.2) is 23.1 Å². The molecule has 0 atom stereocenters. The largest absolute Gasteiger partial charge is 0.508 e. The Labute approximate surface area is 116 Å². The van der Waals surface area contributed by atoms with Crippen LogP contribution in [0.1, 0.15) is 15.9 Å². The number of allylic oxidation sites excluding steroid dienone is 1. The topological polar surface area (TPSA) is 66.8 Å². The van der Waals surface area contributed by atoms with E-state index in [0.717, 1.165) is 0 Å². The fraction of sp³-hybridized carbons (Fsp3) is 0.0625. The molecule has 0 aliphatic rings. The molecule has 20 heavy (non-hydrogen) atoms. The first-order valence-corrected chi connectivity index (χ1v) is 5.99. The van der Waals surface area contributed by atoms with Gasteiger partial charge in [-0.15, -0.1) is 0 Å². The zero-order chi connectivity index (χ0) is 14.5. The number of hydrogen-bond donors (Lipinski definition) is 2. The van der Waals surface area contributed by atoms with Crippen LogP contribution in [0.2, 0.25) is 0 Å². The minimum absolute atomic E-state index is 0.00949. The van der Waals surface area contributed by atoms with E-state index in [1.165, 1.54) is 43.5 Å². The van der Waals surface area contributed by atoms with Crippen molar-refractivity contribution in [3.63, 3.8) is 0 Å². The summed E-state index contributed by atoms with van der Waals surface area (Å²) in [7, 11) is 1.46. The molecule has 0 saturated heterocycles. The summed E-state index contributed by atoms with van der Waals surface area (Å²) in [5.74, 6) is 0.233. The maximum absolute atomic E-state index is 11.9. The lowest BCUT2D eigenvalue weighted by Crippen LogP contribution is -1.93. The van der Waals surface area contributed by atoms with E-state index in [1.807, 2.05) is 0 Å². The monoisotopic (exact) mass is 270 g/mol. The van der Waals surface area contributed by atoms with Gasteiger partial charge in [0.05, 0.1) is 7.11 Å². The van der Waals surface area contributed by atoms with Crippen LogP contribution in [0.15, 0.2) is 48.5 Å². The molecule has 0 fully saturated rings. The number of methoxy groups -OCH3 is 1. The van der Waals surface area contributed by atoms with Crippen molar-refractivity contribution < 1.29 is 19.7 Å². The van der Waals surface area contributed by atoms with Crippen LogP contribution in [0.4, 0.5) is 0 Å². The zero-order valence-corrected chi connectivity index (χ0v) is 10.9. The molecule has 0 spiro atoms. The van der Waals surface area contributed by atoms with Crippen molar-refractivity contribution in [2.45, 2.75) is 0 Å². The number of phenolic OH excluding ortho intramolecular Hbond substituents is 2. The van der Waals surface area contributed by atoms with Crippen LogP contribution in [0.3, 0.4) is 0 Å². The van der Waals surface area contributed by atoms with E-state index in [4.69, 9.17) is 9.84 Å². The standard InChI is InChI=1S/C16H14O4/c1-20-15-4-2-3-12(16(15)19)7-10-14(18)11-5-8-13(17)9-6-11/h2-10,17,19H,1H3/b10-7+. The van der Waals surface area contributed by atoms with Gasteiger partial charge in [-0.3, -0.25) is 4.79 Å². The zero-order valence-electron chi connectivity index (χ0n) is 10.9. The Morgan fingerprint density at radius 3 is 2.45 bits per heavy atom. The number of para-hydroxylation sites is 1. The van der Waals surface area contributed by atoms with E-state index < -0.39 is 0 Å². The summed E-state index contributed by atoms with van der Waals surface area (Å²) in [5, 5.41) is 19.1. The molecule has 4 heteroatoms. The normalized spacial score (nSPS) is 10.7. The third-order valence-electron chi connectivity index (χ3n) is 2.82. The Morgan fingerprint density at radius 2 is 1.80 bits per heavy atom. The molecule has 0 heterocycles. The number of carbonyl (C=O) groups is 1. The molecule has 2 N–H and O–H groups in total. The Balaban J connectivity index is 2.21. The first-order chi connectivity index (χ1) is 9.61. The van der Waals surface area contributed by atoms with Crippen molar-refractivity contribution in [3.8, 4) is 17.2 Å². The number of hydrogen-bond acceptors (Lipinski definition) is 4. The van der Waals surface area contributed by atoms with Gasteiger partial charge in [-0.25, -0.2) is 0 Å². The highest BCUT2D eigenvalue weighted by atomic mass is 16.5. The average molecular weight is 270 g/mol. The molecule has 4 nitrogen and oxygen atoms in total. The molecule has 2 rings (SSSR count). The molecule has 0 amide bonds. The van der Waals surface area contributed by atoms with E-state index in [-0.39, 0.29) is 17.3 Å². The SMILES string of the molecule is COc1cccc(/C=C/C(=O)c2ccc(O)cc2)c1O. The van der Waals surface area contributed by atoms with Crippen molar-refractivity contribution in [2.24, 2.45) is 0 Å². The van der Waals surface area contributed by atoms with Gasteiger partial charge < -0.3 is 14.9 Å². The van der Waals surface area contributed by atoms with Crippen LogP contribution < -0.4 is 4.74 Å². The van der Waals surface area contributed by atoms with Gasteiger partial charge in [-0.05, 0) is 42.5 Å². The van der Waals surface area contributed by atoms with Gasteiger partial charge in [0.1, 0.15) is 5.75 Å². The molecule has 0 aromatic heterocycles. The maximum atomic E-state index is 11.9. The predicted molar refractivity (Wildman–Crippen MR) is 76.1 cm³/mol. The highest BCUT2D eigenvalue weighted by Gasteiger charge is 2.06. The third-order valence-corrected chi connectivity index (χ3v) is 2.82. The van der Waals surface area contributed by atoms with Crippen LogP contribution in [0.25, 0.3) is 6.08 Å². The molecular formula is C16H14O4. The second-order valence-corrected chi connectivity index (χ2v) is 4.14. The first-order valence-electron chi connectivity index (χ1n) is 5.99. The Morgan fingerprint density at radius 1 is 1.10 bits per heavy atom. The van der Waals surface area contributed by atoms with Crippen molar-refractivity contribution in [3.05, 3.63) is 59.7 Å². The highest BCUT2D eigenvalue weighted by molar-refractivity contribution is 6.07. The number of carbonyl (C=O) groups excluding carboxylic acids is 1. The quantitative estimate of drug-likeness (QED) is 0.662. The van der Waals surface area contributed by atoms with Crippen molar-refractivity contribution >= 4 is 11.9 Å². The minimum Gasteiger partial charge on any atom is -0.508 e. The molecule has 0 bridgehead atoms. The number of phenols is 2. The average Bonchev–Trinajstić information content (AvgIpc) is 2.46. The Bertz CT molecular complexity index is 642. The summed E-state index contributed by atoms with van der Waals surface area (Å²) in [5.41, 5.74) is 0.956. The molecule has 2 aromatic rings. The molecule has 0 unspecified atom stereocenters. The van der Waals surface area contributed by atoms with Crippen LogP contribution in [-0.2, 0) is 0 Å². The van der Waals surface area contributed by atoms with Gasteiger partial charge in [0.25, 0.3) is 0 Å². The van der Waals surface area contributed by atoms with E-state index in [9.17, 15) is 9.90 Å². The molecule has 0 aliphatic heterocycles. The lowest BCUT2D eigenvalue weighted by atomic mass is 10.1. The summed E-state index contributed by atoms with van der Waals surface area (Å²) in [4.78, 5) is 11.9. The van der Waals surface area contributed by atoms with E-state index in [1.54, 1.807) is 18.2 Å². The van der Waals surface area contributed by atoms with Crippen LogP contribution in [0, 0.1) is 0 Å². The Hall–Kier alpha value is -2.75. The van der Waals surface area contributed by atoms with Crippen molar-refractivity contribution in [1.82, 2.24) is 0 Å².